The highest BCUT2D eigenvalue weighted by Gasteiger charge is 2.27. The summed E-state index contributed by atoms with van der Waals surface area (Å²) in [6.45, 7) is 13.1. The molecule has 1 aliphatic rings. The van der Waals surface area contributed by atoms with Gasteiger partial charge in [0.05, 0.1) is 6.04 Å². The van der Waals surface area contributed by atoms with Crippen molar-refractivity contribution in [3.05, 3.63) is 11.7 Å². The summed E-state index contributed by atoms with van der Waals surface area (Å²) in [6, 6.07) is 0.231. The normalized spacial score (nSPS) is 23.0. The van der Waals surface area contributed by atoms with E-state index in [9.17, 15) is 0 Å². The molecule has 2 rings (SSSR count). The Morgan fingerprint density at radius 1 is 1.29 bits per heavy atom. The number of hydrogen-bond acceptors (Lipinski definition) is 4. The van der Waals surface area contributed by atoms with Crippen LogP contribution in [0, 0.1) is 5.92 Å². The number of nitrogens with zero attached hydrogens (tertiary/aromatic N) is 3. The molecular formula is C17H31N3O. The Bertz CT molecular complexity index is 435. The van der Waals surface area contributed by atoms with E-state index >= 15 is 0 Å². The van der Waals surface area contributed by atoms with Crippen LogP contribution in [0.2, 0.25) is 0 Å². The summed E-state index contributed by atoms with van der Waals surface area (Å²) in [5.41, 5.74) is -0.0491. The van der Waals surface area contributed by atoms with Gasteiger partial charge in [0.15, 0.2) is 5.82 Å². The van der Waals surface area contributed by atoms with Gasteiger partial charge in [-0.15, -0.1) is 0 Å². The second-order valence-electron chi connectivity index (χ2n) is 7.50. The predicted molar refractivity (Wildman–Crippen MR) is 85.2 cm³/mol. The van der Waals surface area contributed by atoms with E-state index in [1.165, 1.54) is 32.1 Å². The second kappa shape index (κ2) is 6.91. The van der Waals surface area contributed by atoms with Crippen LogP contribution in [0.25, 0.3) is 0 Å². The highest BCUT2D eigenvalue weighted by Crippen LogP contribution is 2.28. The van der Waals surface area contributed by atoms with Crippen LogP contribution < -0.4 is 0 Å². The van der Waals surface area contributed by atoms with Crippen molar-refractivity contribution in [2.75, 3.05) is 13.1 Å². The molecule has 0 saturated carbocycles. The van der Waals surface area contributed by atoms with Gasteiger partial charge in [0.25, 0.3) is 0 Å². The van der Waals surface area contributed by atoms with Gasteiger partial charge in [-0.25, -0.2) is 0 Å². The summed E-state index contributed by atoms with van der Waals surface area (Å²) < 4.78 is 5.52. The van der Waals surface area contributed by atoms with E-state index < -0.39 is 0 Å². The first-order chi connectivity index (χ1) is 9.91. The van der Waals surface area contributed by atoms with Crippen molar-refractivity contribution in [2.45, 2.75) is 78.2 Å². The van der Waals surface area contributed by atoms with Crippen LogP contribution in [0.3, 0.4) is 0 Å². The summed E-state index contributed by atoms with van der Waals surface area (Å²) in [6.07, 6.45) is 6.64. The van der Waals surface area contributed by atoms with Crippen molar-refractivity contribution >= 4 is 0 Å². The summed E-state index contributed by atoms with van der Waals surface area (Å²) in [5.74, 6) is 2.48. The Balaban J connectivity index is 1.99. The van der Waals surface area contributed by atoms with E-state index in [4.69, 9.17) is 4.52 Å². The number of hydrogen-bond donors (Lipinski definition) is 0. The SMILES string of the molecule is CCCC1CCCN(C(C)c2nc(C(C)(C)C)no2)CC1. The zero-order chi connectivity index (χ0) is 15.5. The van der Waals surface area contributed by atoms with Gasteiger partial charge < -0.3 is 4.52 Å². The van der Waals surface area contributed by atoms with E-state index in [1.807, 2.05) is 0 Å². The minimum Gasteiger partial charge on any atom is -0.338 e. The maximum atomic E-state index is 5.52. The fourth-order valence-electron chi connectivity index (χ4n) is 3.14. The molecule has 120 valence electrons. The maximum Gasteiger partial charge on any atom is 0.243 e. The van der Waals surface area contributed by atoms with E-state index in [1.54, 1.807) is 0 Å². The molecule has 4 heteroatoms. The van der Waals surface area contributed by atoms with E-state index in [0.29, 0.717) is 0 Å². The van der Waals surface area contributed by atoms with Crippen molar-refractivity contribution in [1.29, 1.82) is 0 Å². The number of aromatic nitrogens is 2. The quantitative estimate of drug-likeness (QED) is 0.828. The van der Waals surface area contributed by atoms with Gasteiger partial charge in [-0.3, -0.25) is 4.90 Å². The monoisotopic (exact) mass is 293 g/mol. The Morgan fingerprint density at radius 2 is 2.05 bits per heavy atom. The Morgan fingerprint density at radius 3 is 2.67 bits per heavy atom. The van der Waals surface area contributed by atoms with Crippen LogP contribution in [-0.2, 0) is 5.41 Å². The van der Waals surface area contributed by atoms with E-state index in [0.717, 1.165) is 30.7 Å². The van der Waals surface area contributed by atoms with Crippen molar-refractivity contribution in [3.8, 4) is 0 Å². The molecule has 1 aromatic heterocycles. The molecule has 1 aliphatic heterocycles. The van der Waals surface area contributed by atoms with Gasteiger partial charge in [0, 0.05) is 5.41 Å². The average molecular weight is 293 g/mol. The molecule has 0 bridgehead atoms. The van der Waals surface area contributed by atoms with Gasteiger partial charge in [0.2, 0.25) is 5.89 Å². The Hall–Kier alpha value is -0.900. The van der Waals surface area contributed by atoms with Crippen LogP contribution in [0.5, 0.6) is 0 Å². The molecule has 0 N–H and O–H groups in total. The third-order valence-corrected chi connectivity index (χ3v) is 4.60. The molecule has 0 radical (unpaired) electrons. The van der Waals surface area contributed by atoms with Gasteiger partial charge in [0.1, 0.15) is 0 Å². The molecule has 1 saturated heterocycles. The smallest absolute Gasteiger partial charge is 0.243 e. The lowest BCUT2D eigenvalue weighted by atomic mass is 9.96. The van der Waals surface area contributed by atoms with Gasteiger partial charge in [-0.1, -0.05) is 45.7 Å². The molecule has 0 aliphatic carbocycles. The fraction of sp³-hybridized carbons (Fsp3) is 0.882. The zero-order valence-electron chi connectivity index (χ0n) is 14.4. The Kier molecular flexibility index (Phi) is 5.42. The molecule has 0 aromatic carbocycles. The van der Waals surface area contributed by atoms with Gasteiger partial charge >= 0.3 is 0 Å². The second-order valence-corrected chi connectivity index (χ2v) is 7.50. The molecule has 21 heavy (non-hydrogen) atoms. The summed E-state index contributed by atoms with van der Waals surface area (Å²) in [5, 5.41) is 4.16. The van der Waals surface area contributed by atoms with Crippen LogP contribution in [-0.4, -0.2) is 28.1 Å². The summed E-state index contributed by atoms with van der Waals surface area (Å²) in [4.78, 5) is 7.13. The molecular weight excluding hydrogens is 262 g/mol. The first kappa shape index (κ1) is 16.5. The molecule has 1 fully saturated rings. The minimum atomic E-state index is -0.0491. The van der Waals surface area contributed by atoms with Crippen molar-refractivity contribution in [2.24, 2.45) is 5.92 Å². The van der Waals surface area contributed by atoms with Crippen molar-refractivity contribution < 1.29 is 4.52 Å². The molecule has 0 spiro atoms. The lowest BCUT2D eigenvalue weighted by molar-refractivity contribution is 0.176. The van der Waals surface area contributed by atoms with E-state index in [-0.39, 0.29) is 11.5 Å². The third kappa shape index (κ3) is 4.29. The fourth-order valence-corrected chi connectivity index (χ4v) is 3.14. The van der Waals surface area contributed by atoms with Crippen LogP contribution in [0.15, 0.2) is 4.52 Å². The molecule has 2 heterocycles. The van der Waals surface area contributed by atoms with Crippen molar-refractivity contribution in [3.63, 3.8) is 0 Å². The van der Waals surface area contributed by atoms with Gasteiger partial charge in [-0.2, -0.15) is 4.98 Å². The maximum absolute atomic E-state index is 5.52. The molecule has 0 amide bonds. The standard InChI is InChI=1S/C17H31N3O/c1-6-8-14-9-7-11-20(12-10-14)13(2)15-18-16(19-21-15)17(3,4)5/h13-14H,6-12H2,1-5H3. The lowest BCUT2D eigenvalue weighted by Gasteiger charge is -2.24. The summed E-state index contributed by atoms with van der Waals surface area (Å²) >= 11 is 0. The van der Waals surface area contributed by atoms with E-state index in [2.05, 4.69) is 49.7 Å². The first-order valence-electron chi connectivity index (χ1n) is 8.50. The van der Waals surface area contributed by atoms with Crippen LogP contribution in [0.1, 0.15) is 84.5 Å². The van der Waals surface area contributed by atoms with Gasteiger partial charge in [-0.05, 0) is 45.2 Å². The van der Waals surface area contributed by atoms with Crippen molar-refractivity contribution in [1.82, 2.24) is 15.0 Å². The average Bonchev–Trinajstić information content (AvgIpc) is 2.81. The largest absolute Gasteiger partial charge is 0.338 e. The summed E-state index contributed by atoms with van der Waals surface area (Å²) in [7, 11) is 0. The van der Waals surface area contributed by atoms with Crippen LogP contribution >= 0.6 is 0 Å². The molecule has 4 nitrogen and oxygen atoms in total. The Labute approximate surface area is 129 Å². The minimum absolute atomic E-state index is 0.0491. The topological polar surface area (TPSA) is 42.2 Å². The third-order valence-electron chi connectivity index (χ3n) is 4.60. The molecule has 2 atom stereocenters. The molecule has 2 unspecified atom stereocenters. The highest BCUT2D eigenvalue weighted by molar-refractivity contribution is 5.02. The first-order valence-corrected chi connectivity index (χ1v) is 8.50. The predicted octanol–water partition coefficient (Wildman–Crippen LogP) is 4.33. The number of likely N-dealkylation sites (tertiary alicyclic amines) is 1. The van der Waals surface area contributed by atoms with Crippen LogP contribution in [0.4, 0.5) is 0 Å². The lowest BCUT2D eigenvalue weighted by Crippen LogP contribution is -2.28. The molecule has 1 aromatic rings. The highest BCUT2D eigenvalue weighted by atomic mass is 16.5. The zero-order valence-corrected chi connectivity index (χ0v) is 14.4. The number of rotatable bonds is 4.